The maximum Gasteiger partial charge on any atom is 0.327 e. The van der Waals surface area contributed by atoms with Gasteiger partial charge in [0.1, 0.15) is 27.3 Å². The number of nitrogens with one attached hydrogen (secondary N) is 1. The Kier molecular flexibility index (Phi) is 3.54. The number of thiazole rings is 1. The SMILES string of the molecule is Cc1csc(CC2=Nc3sc(C(=O)N=O)c(C)c3/C(=C3\CO3)N2)n1. The molecule has 0 radical (unpaired) electrons. The molecule has 7 nitrogen and oxygen atoms in total. The quantitative estimate of drug-likeness (QED) is 0.669. The number of amides is 1. The number of nitroso groups, excluding NO2 is 1. The third-order valence-electron chi connectivity index (χ3n) is 3.71. The summed E-state index contributed by atoms with van der Waals surface area (Å²) in [4.78, 5) is 31.7. The minimum atomic E-state index is -0.764. The van der Waals surface area contributed by atoms with E-state index in [9.17, 15) is 9.70 Å². The van der Waals surface area contributed by atoms with E-state index in [1.807, 2.05) is 12.3 Å². The summed E-state index contributed by atoms with van der Waals surface area (Å²) in [6, 6.07) is 0. The minimum Gasteiger partial charge on any atom is -0.484 e. The largest absolute Gasteiger partial charge is 0.484 e. The Morgan fingerprint density at radius 3 is 2.88 bits per heavy atom. The van der Waals surface area contributed by atoms with Gasteiger partial charge in [-0.1, -0.05) is 0 Å². The molecule has 4 rings (SSSR count). The molecule has 24 heavy (non-hydrogen) atoms. The minimum absolute atomic E-state index is 0.325. The molecule has 2 aromatic heterocycles. The number of epoxide rings is 1. The Morgan fingerprint density at radius 1 is 1.46 bits per heavy atom. The number of ether oxygens (including phenoxy) is 1. The van der Waals surface area contributed by atoms with Crippen LogP contribution in [0.25, 0.3) is 5.70 Å². The van der Waals surface area contributed by atoms with E-state index in [0.29, 0.717) is 28.5 Å². The highest BCUT2D eigenvalue weighted by Crippen LogP contribution is 2.44. The van der Waals surface area contributed by atoms with Crippen LogP contribution in [0.3, 0.4) is 0 Å². The molecule has 0 spiro atoms. The van der Waals surface area contributed by atoms with Gasteiger partial charge < -0.3 is 10.1 Å². The van der Waals surface area contributed by atoms with E-state index in [4.69, 9.17) is 4.74 Å². The fraction of sp³-hybridized carbons (Fsp3) is 0.267. The molecule has 0 atom stereocenters. The normalized spacial score (nSPS) is 18.3. The summed E-state index contributed by atoms with van der Waals surface area (Å²) in [6.45, 7) is 4.30. The van der Waals surface area contributed by atoms with E-state index in [1.54, 1.807) is 18.3 Å². The lowest BCUT2D eigenvalue weighted by Crippen LogP contribution is -2.27. The van der Waals surface area contributed by atoms with Crippen molar-refractivity contribution < 1.29 is 9.53 Å². The first kappa shape index (κ1) is 15.2. The number of thiophene rings is 1. The van der Waals surface area contributed by atoms with E-state index in [0.717, 1.165) is 33.6 Å². The van der Waals surface area contributed by atoms with Crippen LogP contribution < -0.4 is 5.32 Å². The molecular weight excluding hydrogens is 348 g/mol. The molecule has 122 valence electrons. The summed E-state index contributed by atoms with van der Waals surface area (Å²) < 4.78 is 5.34. The van der Waals surface area contributed by atoms with Crippen LogP contribution in [0.2, 0.25) is 0 Å². The molecule has 0 aliphatic carbocycles. The summed E-state index contributed by atoms with van der Waals surface area (Å²) in [7, 11) is 0. The number of carbonyl (C=O) groups is 1. The number of fused-ring (bicyclic) bond motifs is 1. The van der Waals surface area contributed by atoms with Gasteiger partial charge in [-0.3, -0.25) is 4.79 Å². The highest BCUT2D eigenvalue weighted by atomic mass is 32.1. The van der Waals surface area contributed by atoms with Gasteiger partial charge in [0.2, 0.25) is 0 Å². The first-order valence-corrected chi connectivity index (χ1v) is 8.89. The molecule has 4 heterocycles. The van der Waals surface area contributed by atoms with Crippen molar-refractivity contribution in [2.75, 3.05) is 6.61 Å². The van der Waals surface area contributed by atoms with Gasteiger partial charge in [-0.25, -0.2) is 9.98 Å². The van der Waals surface area contributed by atoms with Crippen molar-refractivity contribution in [2.24, 2.45) is 10.2 Å². The number of aromatic nitrogens is 1. The monoisotopic (exact) mass is 360 g/mol. The van der Waals surface area contributed by atoms with Gasteiger partial charge in [0.05, 0.1) is 12.1 Å². The van der Waals surface area contributed by atoms with E-state index >= 15 is 0 Å². The van der Waals surface area contributed by atoms with Gasteiger partial charge in [0.25, 0.3) is 0 Å². The third-order valence-corrected chi connectivity index (χ3v) is 5.85. The molecule has 0 saturated carbocycles. The summed E-state index contributed by atoms with van der Waals surface area (Å²) in [6.07, 6.45) is 0.570. The van der Waals surface area contributed by atoms with Crippen LogP contribution in [0.1, 0.15) is 31.5 Å². The first-order valence-electron chi connectivity index (χ1n) is 7.19. The summed E-state index contributed by atoms with van der Waals surface area (Å²) in [5.41, 5.74) is 3.33. The first-order chi connectivity index (χ1) is 11.6. The van der Waals surface area contributed by atoms with Crippen LogP contribution in [0.4, 0.5) is 5.00 Å². The van der Waals surface area contributed by atoms with E-state index < -0.39 is 5.91 Å². The predicted octanol–water partition coefficient (Wildman–Crippen LogP) is 3.30. The number of nitrogens with zero attached hydrogens (tertiary/aromatic N) is 3. The number of hydrogen-bond donors (Lipinski definition) is 1. The zero-order valence-electron chi connectivity index (χ0n) is 12.9. The van der Waals surface area contributed by atoms with Crippen molar-refractivity contribution in [1.29, 1.82) is 0 Å². The van der Waals surface area contributed by atoms with E-state index in [1.165, 1.54) is 11.3 Å². The van der Waals surface area contributed by atoms with Crippen molar-refractivity contribution in [3.8, 4) is 0 Å². The molecule has 0 bridgehead atoms. The van der Waals surface area contributed by atoms with Crippen LogP contribution in [0.15, 0.2) is 21.3 Å². The lowest BCUT2D eigenvalue weighted by atomic mass is 10.1. The highest BCUT2D eigenvalue weighted by Gasteiger charge is 2.32. The number of carbonyl (C=O) groups excluding carboxylic acids is 1. The fourth-order valence-electron chi connectivity index (χ4n) is 2.57. The molecular formula is C15H12N4O3S2. The van der Waals surface area contributed by atoms with Crippen molar-refractivity contribution in [3.05, 3.63) is 42.8 Å². The average Bonchev–Trinajstić information content (AvgIpc) is 3.26. The molecule has 2 aliphatic heterocycles. The second-order valence-electron chi connectivity index (χ2n) is 5.46. The Balaban J connectivity index is 1.78. The average molecular weight is 360 g/mol. The summed E-state index contributed by atoms with van der Waals surface area (Å²) in [5, 5.41) is 9.48. The summed E-state index contributed by atoms with van der Waals surface area (Å²) in [5.74, 6) is 0.812. The number of amidine groups is 1. The number of hydrogen-bond acceptors (Lipinski definition) is 8. The van der Waals surface area contributed by atoms with Crippen molar-refractivity contribution >= 4 is 45.1 Å². The predicted molar refractivity (Wildman–Crippen MR) is 92.8 cm³/mol. The van der Waals surface area contributed by atoms with Crippen molar-refractivity contribution in [1.82, 2.24) is 10.3 Å². The second kappa shape index (κ2) is 5.60. The molecule has 0 aromatic carbocycles. The third kappa shape index (κ3) is 2.55. The van der Waals surface area contributed by atoms with E-state index in [-0.39, 0.29) is 0 Å². The smallest absolute Gasteiger partial charge is 0.327 e. The Morgan fingerprint density at radius 2 is 2.25 bits per heavy atom. The summed E-state index contributed by atoms with van der Waals surface area (Å²) >= 11 is 2.77. The Hall–Kier alpha value is -2.39. The Bertz CT molecular complexity index is 933. The zero-order chi connectivity index (χ0) is 16.8. The molecule has 2 aliphatic rings. The van der Waals surface area contributed by atoms with Gasteiger partial charge in [-0.05, 0) is 19.4 Å². The van der Waals surface area contributed by atoms with E-state index in [2.05, 4.69) is 20.5 Å². The lowest BCUT2D eigenvalue weighted by molar-refractivity contribution is 0.100. The standard InChI is InChI=1S/C15H12N4O3S2/c1-6-5-23-10(16-6)3-9-17-12(8-4-22-8)11-7(2)13(14(20)19-21)24-15(11)18-9/h5H,3-4H2,1-2H3,(H,17,18)/b12-8-. The topological polar surface area (TPSA) is 96.3 Å². The van der Waals surface area contributed by atoms with Crippen LogP contribution in [-0.2, 0) is 11.2 Å². The molecule has 0 unspecified atom stereocenters. The molecule has 1 amide bonds. The van der Waals surface area contributed by atoms with Gasteiger partial charge >= 0.3 is 5.91 Å². The maximum atomic E-state index is 11.7. The molecule has 1 fully saturated rings. The van der Waals surface area contributed by atoms with Gasteiger partial charge in [0, 0.05) is 21.8 Å². The van der Waals surface area contributed by atoms with Crippen LogP contribution >= 0.6 is 22.7 Å². The van der Waals surface area contributed by atoms with Crippen LogP contribution in [0.5, 0.6) is 0 Å². The molecule has 1 saturated heterocycles. The van der Waals surface area contributed by atoms with Crippen molar-refractivity contribution in [2.45, 2.75) is 20.3 Å². The Labute approximate surface area is 145 Å². The van der Waals surface area contributed by atoms with Gasteiger partial charge in [0.15, 0.2) is 5.76 Å². The maximum absolute atomic E-state index is 11.7. The van der Waals surface area contributed by atoms with Crippen LogP contribution in [-0.4, -0.2) is 23.3 Å². The fourth-order valence-corrected chi connectivity index (χ4v) is 4.44. The highest BCUT2D eigenvalue weighted by molar-refractivity contribution is 7.18. The molecule has 9 heteroatoms. The van der Waals surface area contributed by atoms with Crippen LogP contribution in [0, 0.1) is 18.8 Å². The number of rotatable bonds is 3. The lowest BCUT2D eigenvalue weighted by Gasteiger charge is -2.17. The number of aliphatic imine (C=N–C) groups is 1. The second-order valence-corrected chi connectivity index (χ2v) is 7.40. The van der Waals surface area contributed by atoms with Crippen molar-refractivity contribution in [3.63, 3.8) is 0 Å². The molecule has 2 aromatic rings. The molecule has 1 N–H and O–H groups in total. The van der Waals surface area contributed by atoms with Gasteiger partial charge in [-0.2, -0.15) is 0 Å². The van der Waals surface area contributed by atoms with Gasteiger partial charge in [-0.15, -0.1) is 27.6 Å². The zero-order valence-corrected chi connectivity index (χ0v) is 14.5. The number of aryl methyl sites for hydroxylation is 1.